The summed E-state index contributed by atoms with van der Waals surface area (Å²) < 4.78 is 41.4. The van der Waals surface area contributed by atoms with Crippen LogP contribution in [0, 0.1) is 0 Å². The zero-order valence-corrected chi connectivity index (χ0v) is 14.3. The van der Waals surface area contributed by atoms with Crippen LogP contribution >= 0.6 is 0 Å². The summed E-state index contributed by atoms with van der Waals surface area (Å²) in [6, 6.07) is 5.66. The highest BCUT2D eigenvalue weighted by atomic mass is 19.4. The number of aryl methyl sites for hydroxylation is 1. The van der Waals surface area contributed by atoms with Gasteiger partial charge >= 0.3 is 12.3 Å². The molecule has 0 spiro atoms. The van der Waals surface area contributed by atoms with E-state index in [4.69, 9.17) is 5.11 Å². The van der Waals surface area contributed by atoms with Crippen molar-refractivity contribution in [2.24, 2.45) is 0 Å². The third-order valence-corrected chi connectivity index (χ3v) is 4.45. The van der Waals surface area contributed by atoms with Crippen LogP contribution in [-0.2, 0) is 16.0 Å². The van der Waals surface area contributed by atoms with Crippen LogP contribution in [0.25, 0.3) is 0 Å². The van der Waals surface area contributed by atoms with Crippen molar-refractivity contribution in [3.8, 4) is 5.75 Å². The fourth-order valence-corrected chi connectivity index (χ4v) is 3.24. The molecule has 1 aromatic rings. The van der Waals surface area contributed by atoms with E-state index in [2.05, 4.69) is 4.74 Å². The lowest BCUT2D eigenvalue weighted by molar-refractivity contribution is -0.274. The van der Waals surface area contributed by atoms with Crippen molar-refractivity contribution in [3.05, 3.63) is 29.8 Å². The molecule has 1 unspecified atom stereocenters. The Balaban J connectivity index is 1.98. The Morgan fingerprint density at radius 1 is 1.19 bits per heavy atom. The van der Waals surface area contributed by atoms with Gasteiger partial charge in [-0.15, -0.1) is 13.2 Å². The van der Waals surface area contributed by atoms with Gasteiger partial charge in [0.1, 0.15) is 5.75 Å². The molecule has 1 amide bonds. The summed E-state index contributed by atoms with van der Waals surface area (Å²) in [7, 11) is 0. The van der Waals surface area contributed by atoms with Crippen LogP contribution in [0.1, 0.15) is 44.1 Å². The number of piperidine rings is 1. The van der Waals surface area contributed by atoms with E-state index >= 15 is 0 Å². The highest BCUT2D eigenvalue weighted by Crippen LogP contribution is 2.28. The minimum Gasteiger partial charge on any atom is -0.481 e. The number of carboxylic acid groups (broad SMARTS) is 1. The number of alkyl halides is 3. The van der Waals surface area contributed by atoms with E-state index in [-0.39, 0.29) is 37.0 Å². The van der Waals surface area contributed by atoms with Gasteiger partial charge in [0.25, 0.3) is 0 Å². The Bertz CT molecular complexity index is 633. The van der Waals surface area contributed by atoms with Gasteiger partial charge in [0, 0.05) is 25.4 Å². The summed E-state index contributed by atoms with van der Waals surface area (Å²) in [5.41, 5.74) is 0.317. The highest BCUT2D eigenvalue weighted by molar-refractivity contribution is 5.77. The van der Waals surface area contributed by atoms with Gasteiger partial charge in [-0.1, -0.05) is 18.2 Å². The summed E-state index contributed by atoms with van der Waals surface area (Å²) in [6.07, 6.45) is -1.65. The van der Waals surface area contributed by atoms with Crippen molar-refractivity contribution in [3.63, 3.8) is 0 Å². The second-order valence-electron chi connectivity index (χ2n) is 6.32. The van der Waals surface area contributed by atoms with Crippen molar-refractivity contribution in [1.29, 1.82) is 0 Å². The molecule has 1 atom stereocenters. The first-order valence-corrected chi connectivity index (χ1v) is 8.61. The first kappa shape index (κ1) is 20.1. The van der Waals surface area contributed by atoms with E-state index in [0.29, 0.717) is 18.5 Å². The number of hydrogen-bond donors (Lipinski definition) is 1. The molecule has 1 saturated heterocycles. The molecule has 144 valence electrons. The maximum Gasteiger partial charge on any atom is 0.573 e. The lowest BCUT2D eigenvalue weighted by Crippen LogP contribution is -2.44. The van der Waals surface area contributed by atoms with Gasteiger partial charge < -0.3 is 14.7 Å². The van der Waals surface area contributed by atoms with E-state index in [1.54, 1.807) is 11.0 Å². The van der Waals surface area contributed by atoms with E-state index in [1.165, 1.54) is 18.2 Å². The third-order valence-electron chi connectivity index (χ3n) is 4.45. The van der Waals surface area contributed by atoms with Gasteiger partial charge in [-0.05, 0) is 43.7 Å². The number of amides is 1. The van der Waals surface area contributed by atoms with Crippen molar-refractivity contribution in [2.75, 3.05) is 6.54 Å². The van der Waals surface area contributed by atoms with Gasteiger partial charge in [0.15, 0.2) is 0 Å². The number of carbonyl (C=O) groups is 2. The molecule has 2 rings (SSSR count). The lowest BCUT2D eigenvalue weighted by Gasteiger charge is -2.36. The van der Waals surface area contributed by atoms with Gasteiger partial charge in [-0.3, -0.25) is 9.59 Å². The lowest BCUT2D eigenvalue weighted by atomic mass is 9.97. The Morgan fingerprint density at radius 3 is 2.62 bits per heavy atom. The Morgan fingerprint density at radius 2 is 1.92 bits per heavy atom. The van der Waals surface area contributed by atoms with Crippen molar-refractivity contribution < 1.29 is 32.6 Å². The monoisotopic (exact) mass is 373 g/mol. The summed E-state index contributed by atoms with van der Waals surface area (Å²) in [6.45, 7) is 0.559. The summed E-state index contributed by atoms with van der Waals surface area (Å²) >= 11 is 0. The SMILES string of the molecule is O=C(O)CCC1CCCCN1C(=O)CCc1ccccc1OC(F)(F)F. The predicted molar refractivity (Wildman–Crippen MR) is 87.7 cm³/mol. The van der Waals surface area contributed by atoms with Crippen LogP contribution < -0.4 is 4.74 Å². The molecular formula is C18H22F3NO4. The minimum absolute atomic E-state index is 0.00327. The maximum absolute atomic E-state index is 12.5. The van der Waals surface area contributed by atoms with Crippen LogP contribution in [0.4, 0.5) is 13.2 Å². The Hall–Kier alpha value is -2.25. The molecule has 0 aliphatic carbocycles. The summed E-state index contributed by atoms with van der Waals surface area (Å²) in [5, 5.41) is 8.84. The number of aliphatic carboxylic acids is 1. The number of nitrogens with zero attached hydrogens (tertiary/aromatic N) is 1. The summed E-state index contributed by atoms with van der Waals surface area (Å²) in [4.78, 5) is 25.0. The average Bonchev–Trinajstić information content (AvgIpc) is 2.58. The van der Waals surface area contributed by atoms with E-state index in [0.717, 1.165) is 19.3 Å². The number of benzene rings is 1. The molecule has 1 fully saturated rings. The second-order valence-corrected chi connectivity index (χ2v) is 6.32. The molecule has 1 heterocycles. The van der Waals surface area contributed by atoms with Crippen LogP contribution in [-0.4, -0.2) is 40.8 Å². The van der Waals surface area contributed by atoms with Gasteiger partial charge in [-0.25, -0.2) is 0 Å². The van der Waals surface area contributed by atoms with Crippen molar-refractivity contribution in [2.45, 2.75) is 57.3 Å². The largest absolute Gasteiger partial charge is 0.573 e. The van der Waals surface area contributed by atoms with E-state index < -0.39 is 12.3 Å². The standard InChI is InChI=1S/C18H22F3NO4/c19-18(20,21)26-15-7-2-1-5-13(15)8-10-16(23)22-12-4-3-6-14(22)9-11-17(24)25/h1-2,5,7,14H,3-4,6,8-12H2,(H,24,25). The number of halogens is 3. The van der Waals surface area contributed by atoms with E-state index in [9.17, 15) is 22.8 Å². The molecule has 0 saturated carbocycles. The normalized spacial score (nSPS) is 17.8. The third kappa shape index (κ3) is 6.24. The fourth-order valence-electron chi connectivity index (χ4n) is 3.24. The Labute approximate surface area is 149 Å². The molecule has 1 N–H and O–H groups in total. The number of carboxylic acids is 1. The quantitative estimate of drug-likeness (QED) is 0.790. The van der Waals surface area contributed by atoms with Gasteiger partial charge in [0.2, 0.25) is 5.91 Å². The molecule has 1 aliphatic heterocycles. The molecule has 0 radical (unpaired) electrons. The molecule has 0 aromatic heterocycles. The molecule has 26 heavy (non-hydrogen) atoms. The molecule has 8 heteroatoms. The number of hydrogen-bond acceptors (Lipinski definition) is 3. The number of para-hydroxylation sites is 1. The zero-order chi connectivity index (χ0) is 19.2. The average molecular weight is 373 g/mol. The van der Waals surface area contributed by atoms with Crippen LogP contribution in [0.3, 0.4) is 0 Å². The number of carbonyl (C=O) groups excluding carboxylic acids is 1. The maximum atomic E-state index is 12.5. The molecule has 1 aromatic carbocycles. The summed E-state index contributed by atoms with van der Waals surface area (Å²) in [5.74, 6) is -1.36. The van der Waals surface area contributed by atoms with Crippen LogP contribution in [0.5, 0.6) is 5.75 Å². The Kier molecular flexibility index (Phi) is 6.88. The van der Waals surface area contributed by atoms with Gasteiger partial charge in [0.05, 0.1) is 0 Å². The molecule has 1 aliphatic rings. The molecule has 0 bridgehead atoms. The number of likely N-dealkylation sites (tertiary alicyclic amines) is 1. The highest BCUT2D eigenvalue weighted by Gasteiger charge is 2.32. The first-order valence-electron chi connectivity index (χ1n) is 8.61. The van der Waals surface area contributed by atoms with Crippen LogP contribution in [0.2, 0.25) is 0 Å². The van der Waals surface area contributed by atoms with Crippen molar-refractivity contribution >= 4 is 11.9 Å². The minimum atomic E-state index is -4.78. The zero-order valence-electron chi connectivity index (χ0n) is 14.3. The second kappa shape index (κ2) is 8.91. The molecular weight excluding hydrogens is 351 g/mol. The van der Waals surface area contributed by atoms with Crippen LogP contribution in [0.15, 0.2) is 24.3 Å². The topological polar surface area (TPSA) is 66.8 Å². The molecule has 5 nitrogen and oxygen atoms in total. The smallest absolute Gasteiger partial charge is 0.481 e. The fraction of sp³-hybridized carbons (Fsp3) is 0.556. The first-order chi connectivity index (χ1) is 12.3. The van der Waals surface area contributed by atoms with Crippen molar-refractivity contribution in [1.82, 2.24) is 4.90 Å². The van der Waals surface area contributed by atoms with Gasteiger partial charge in [-0.2, -0.15) is 0 Å². The number of ether oxygens (including phenoxy) is 1. The predicted octanol–water partition coefficient (Wildman–Crippen LogP) is 3.76. The van der Waals surface area contributed by atoms with E-state index in [1.807, 2.05) is 0 Å². The number of rotatable bonds is 7.